The molecule has 0 fully saturated rings. The molecule has 0 atom stereocenters. The Bertz CT molecular complexity index is 696. The zero-order valence-corrected chi connectivity index (χ0v) is 12.3. The summed E-state index contributed by atoms with van der Waals surface area (Å²) < 4.78 is 5.81. The average molecular weight is 286 g/mol. The van der Waals surface area contributed by atoms with Crippen molar-refractivity contribution < 1.29 is 9.66 Å². The summed E-state index contributed by atoms with van der Waals surface area (Å²) in [7, 11) is 0. The predicted molar refractivity (Wildman–Crippen MR) is 81.7 cm³/mol. The second-order valence-corrected chi connectivity index (χ2v) is 5.10. The van der Waals surface area contributed by atoms with Crippen molar-refractivity contribution in [3.8, 4) is 11.5 Å². The predicted octanol–water partition coefficient (Wildman–Crippen LogP) is 3.77. The first kappa shape index (κ1) is 15.0. The maximum atomic E-state index is 11.2. The second kappa shape index (κ2) is 5.93. The van der Waals surface area contributed by atoms with Gasteiger partial charge in [0.05, 0.1) is 4.92 Å². The first-order chi connectivity index (χ1) is 9.92. The van der Waals surface area contributed by atoms with E-state index in [4.69, 9.17) is 10.5 Å². The number of nitro benzene ring substituents is 1. The van der Waals surface area contributed by atoms with E-state index in [9.17, 15) is 10.1 Å². The molecule has 0 aliphatic carbocycles. The average Bonchev–Trinajstić information content (AvgIpc) is 2.42. The van der Waals surface area contributed by atoms with Crippen LogP contribution in [0.2, 0.25) is 0 Å². The quantitative estimate of drug-likeness (QED) is 0.685. The minimum Gasteiger partial charge on any atom is -0.450 e. The van der Waals surface area contributed by atoms with Gasteiger partial charge in [-0.1, -0.05) is 23.8 Å². The molecular formula is C16H18N2O3. The molecule has 0 heterocycles. The van der Waals surface area contributed by atoms with E-state index < -0.39 is 4.92 Å². The number of nitrogens with zero attached hydrogens (tertiary/aromatic N) is 1. The van der Waals surface area contributed by atoms with Gasteiger partial charge in [-0.3, -0.25) is 10.1 Å². The lowest BCUT2D eigenvalue weighted by molar-refractivity contribution is -0.385. The van der Waals surface area contributed by atoms with Crippen LogP contribution in [0.5, 0.6) is 11.5 Å². The van der Waals surface area contributed by atoms with Gasteiger partial charge in [0.1, 0.15) is 5.75 Å². The van der Waals surface area contributed by atoms with Crippen LogP contribution in [0, 0.1) is 30.9 Å². The van der Waals surface area contributed by atoms with Crippen molar-refractivity contribution in [3.63, 3.8) is 0 Å². The molecule has 0 amide bonds. The molecule has 0 aliphatic heterocycles. The lowest BCUT2D eigenvalue weighted by atomic mass is 10.1. The molecule has 2 N–H and O–H groups in total. The minimum absolute atomic E-state index is 0.0314. The second-order valence-electron chi connectivity index (χ2n) is 5.10. The molecule has 0 aromatic heterocycles. The molecule has 0 saturated carbocycles. The van der Waals surface area contributed by atoms with E-state index in [1.165, 1.54) is 6.07 Å². The Kier molecular flexibility index (Phi) is 4.23. The number of ether oxygens (including phenoxy) is 1. The minimum atomic E-state index is -0.425. The van der Waals surface area contributed by atoms with Gasteiger partial charge in [0.25, 0.3) is 0 Å². The molecule has 0 radical (unpaired) electrons. The Labute approximate surface area is 123 Å². The van der Waals surface area contributed by atoms with E-state index in [2.05, 4.69) is 0 Å². The van der Waals surface area contributed by atoms with Gasteiger partial charge in [0.15, 0.2) is 0 Å². The summed E-state index contributed by atoms with van der Waals surface area (Å²) in [4.78, 5) is 10.8. The van der Waals surface area contributed by atoms with Crippen molar-refractivity contribution in [1.82, 2.24) is 0 Å². The zero-order valence-electron chi connectivity index (χ0n) is 12.3. The summed E-state index contributed by atoms with van der Waals surface area (Å²) in [5.41, 5.74) is 9.13. The maximum Gasteiger partial charge on any atom is 0.312 e. The summed E-state index contributed by atoms with van der Waals surface area (Å²) in [6.07, 6.45) is 0. The summed E-state index contributed by atoms with van der Waals surface area (Å²) in [6.45, 7) is 5.89. The molecule has 2 aromatic rings. The molecule has 110 valence electrons. The Morgan fingerprint density at radius 2 is 1.86 bits per heavy atom. The third-order valence-corrected chi connectivity index (χ3v) is 3.24. The monoisotopic (exact) mass is 286 g/mol. The van der Waals surface area contributed by atoms with E-state index >= 15 is 0 Å². The number of nitrogens with two attached hydrogens (primary N) is 1. The Hall–Kier alpha value is -2.40. The van der Waals surface area contributed by atoms with Gasteiger partial charge in [0, 0.05) is 18.2 Å². The van der Waals surface area contributed by atoms with Crippen LogP contribution < -0.4 is 10.5 Å². The SMILES string of the molecule is Cc1ccc(Oc2c(C)cc(C)cc2[N+](=O)[O-])c(CN)c1. The molecular weight excluding hydrogens is 268 g/mol. The molecule has 5 nitrogen and oxygen atoms in total. The molecule has 21 heavy (non-hydrogen) atoms. The standard InChI is InChI=1S/C16H18N2O3/c1-10-4-5-15(13(7-10)9-17)21-16-12(3)6-11(2)8-14(16)18(19)20/h4-8H,9,17H2,1-3H3. The van der Waals surface area contributed by atoms with Crippen molar-refractivity contribution in [2.75, 3.05) is 0 Å². The van der Waals surface area contributed by atoms with Crippen molar-refractivity contribution in [3.05, 3.63) is 62.7 Å². The van der Waals surface area contributed by atoms with Crippen molar-refractivity contribution in [2.45, 2.75) is 27.3 Å². The zero-order chi connectivity index (χ0) is 15.6. The van der Waals surface area contributed by atoms with E-state index in [0.29, 0.717) is 12.3 Å². The third kappa shape index (κ3) is 3.20. The number of aryl methyl sites for hydroxylation is 3. The number of rotatable bonds is 4. The first-order valence-electron chi connectivity index (χ1n) is 6.65. The van der Waals surface area contributed by atoms with Crippen molar-refractivity contribution in [1.29, 1.82) is 0 Å². The molecule has 0 unspecified atom stereocenters. The lowest BCUT2D eigenvalue weighted by Crippen LogP contribution is -2.02. The van der Waals surface area contributed by atoms with Crippen LogP contribution in [0.4, 0.5) is 5.69 Å². The summed E-state index contributed by atoms with van der Waals surface area (Å²) in [5.74, 6) is 0.822. The van der Waals surface area contributed by atoms with Gasteiger partial charge in [-0.25, -0.2) is 0 Å². The largest absolute Gasteiger partial charge is 0.450 e. The normalized spacial score (nSPS) is 10.5. The Morgan fingerprint density at radius 3 is 2.48 bits per heavy atom. The van der Waals surface area contributed by atoms with E-state index in [1.54, 1.807) is 13.0 Å². The Morgan fingerprint density at radius 1 is 1.14 bits per heavy atom. The number of hydrogen-bond donors (Lipinski definition) is 1. The van der Waals surface area contributed by atoms with Crippen LogP contribution >= 0.6 is 0 Å². The van der Waals surface area contributed by atoms with Crippen LogP contribution in [-0.4, -0.2) is 4.92 Å². The molecule has 0 spiro atoms. The fourth-order valence-corrected chi connectivity index (χ4v) is 2.28. The van der Waals surface area contributed by atoms with Gasteiger partial charge in [-0.05, 0) is 38.0 Å². The molecule has 2 aromatic carbocycles. The van der Waals surface area contributed by atoms with Crippen LogP contribution in [0.3, 0.4) is 0 Å². The number of benzene rings is 2. The van der Waals surface area contributed by atoms with Gasteiger partial charge >= 0.3 is 5.69 Å². The molecule has 0 aliphatic rings. The van der Waals surface area contributed by atoms with E-state index in [-0.39, 0.29) is 11.4 Å². The molecule has 2 rings (SSSR count). The van der Waals surface area contributed by atoms with Crippen LogP contribution in [-0.2, 0) is 6.54 Å². The van der Waals surface area contributed by atoms with Crippen molar-refractivity contribution >= 4 is 5.69 Å². The summed E-state index contributed by atoms with van der Waals surface area (Å²) in [6, 6.07) is 8.98. The van der Waals surface area contributed by atoms with E-state index in [1.807, 2.05) is 32.0 Å². The summed E-state index contributed by atoms with van der Waals surface area (Å²) in [5, 5.41) is 11.2. The molecule has 0 bridgehead atoms. The maximum absolute atomic E-state index is 11.2. The van der Waals surface area contributed by atoms with Gasteiger partial charge < -0.3 is 10.5 Å². The van der Waals surface area contributed by atoms with E-state index in [0.717, 1.165) is 22.3 Å². The van der Waals surface area contributed by atoms with Crippen molar-refractivity contribution in [2.24, 2.45) is 5.73 Å². The summed E-state index contributed by atoms with van der Waals surface area (Å²) >= 11 is 0. The fraction of sp³-hybridized carbons (Fsp3) is 0.250. The number of nitro groups is 1. The van der Waals surface area contributed by atoms with Crippen LogP contribution in [0.1, 0.15) is 22.3 Å². The topological polar surface area (TPSA) is 78.4 Å². The highest BCUT2D eigenvalue weighted by Gasteiger charge is 2.20. The lowest BCUT2D eigenvalue weighted by Gasteiger charge is -2.13. The van der Waals surface area contributed by atoms with Crippen LogP contribution in [0.25, 0.3) is 0 Å². The Balaban J connectivity index is 2.51. The highest BCUT2D eigenvalue weighted by Crippen LogP contribution is 2.36. The van der Waals surface area contributed by atoms with Gasteiger partial charge in [-0.2, -0.15) is 0 Å². The fourth-order valence-electron chi connectivity index (χ4n) is 2.28. The first-order valence-corrected chi connectivity index (χ1v) is 6.65. The van der Waals surface area contributed by atoms with Gasteiger partial charge in [0.2, 0.25) is 5.75 Å². The third-order valence-electron chi connectivity index (χ3n) is 3.24. The highest BCUT2D eigenvalue weighted by atomic mass is 16.6. The smallest absolute Gasteiger partial charge is 0.312 e. The molecule has 0 saturated heterocycles. The van der Waals surface area contributed by atoms with Gasteiger partial charge in [-0.15, -0.1) is 0 Å². The number of hydrogen-bond acceptors (Lipinski definition) is 4. The highest BCUT2D eigenvalue weighted by molar-refractivity contribution is 5.56. The van der Waals surface area contributed by atoms with Crippen LogP contribution in [0.15, 0.2) is 30.3 Å². The molecule has 5 heteroatoms.